The molecule has 2 bridgehead atoms. The van der Waals surface area contributed by atoms with Gasteiger partial charge in [0.1, 0.15) is 0 Å². The third-order valence-corrected chi connectivity index (χ3v) is 9.90. The smallest absolute Gasteiger partial charge is 0.255 e. The molecule has 2 saturated carbocycles. The Balaban J connectivity index is 1.53. The Labute approximate surface area is 217 Å². The van der Waals surface area contributed by atoms with Gasteiger partial charge in [-0.3, -0.25) is 4.79 Å². The van der Waals surface area contributed by atoms with Gasteiger partial charge >= 0.3 is 0 Å². The molecule has 1 amide bonds. The van der Waals surface area contributed by atoms with E-state index in [0.29, 0.717) is 25.0 Å². The molecule has 0 spiro atoms. The van der Waals surface area contributed by atoms with Crippen molar-refractivity contribution in [3.8, 4) is 0 Å². The van der Waals surface area contributed by atoms with E-state index in [1.54, 1.807) is 6.92 Å². The van der Waals surface area contributed by atoms with Crippen molar-refractivity contribution in [2.45, 2.75) is 54.5 Å². The second-order valence-corrected chi connectivity index (χ2v) is 12.4. The first-order valence-electron chi connectivity index (χ1n) is 11.8. The molecule has 3 N–H and O–H groups in total. The largest absolute Gasteiger partial charge is 0.391 e. The molecule has 0 aliphatic heterocycles. The van der Waals surface area contributed by atoms with Crippen LogP contribution in [0.15, 0.2) is 35.2 Å². The Bertz CT molecular complexity index is 1270. The van der Waals surface area contributed by atoms with Gasteiger partial charge in [-0.2, -0.15) is 0 Å². The number of rotatable bonds is 8. The summed E-state index contributed by atoms with van der Waals surface area (Å²) in [6.07, 6.45) is 0.923. The van der Waals surface area contributed by atoms with Gasteiger partial charge in [-0.05, 0) is 62.6 Å². The number of halogens is 4. The summed E-state index contributed by atoms with van der Waals surface area (Å²) in [6, 6.07) is 4.81. The highest BCUT2D eigenvalue weighted by Gasteiger charge is 2.55. The molecule has 4 unspecified atom stereocenters. The summed E-state index contributed by atoms with van der Waals surface area (Å²) in [7, 11) is -4.02. The third-order valence-electron chi connectivity index (χ3n) is 7.25. The lowest BCUT2D eigenvalue weighted by atomic mass is 9.75. The summed E-state index contributed by atoms with van der Waals surface area (Å²) in [6.45, 7) is 1.63. The number of amides is 1. The third kappa shape index (κ3) is 5.51. The van der Waals surface area contributed by atoms with E-state index in [4.69, 9.17) is 16.3 Å². The average molecular weight is 562 g/mol. The van der Waals surface area contributed by atoms with Gasteiger partial charge < -0.3 is 20.3 Å². The molecular weight excluding hydrogens is 535 g/mol. The zero-order chi connectivity index (χ0) is 27.1. The number of ether oxygens (including phenoxy) is 1. The minimum Gasteiger partial charge on any atom is -0.391 e. The summed E-state index contributed by atoms with van der Waals surface area (Å²) in [5, 5.41) is 21.9. The number of sulfone groups is 1. The highest BCUT2D eigenvalue weighted by molar-refractivity contribution is 7.92. The van der Waals surface area contributed by atoms with Crippen LogP contribution in [0.4, 0.5) is 18.9 Å². The highest BCUT2D eigenvalue weighted by Crippen LogP contribution is 2.52. The molecular formula is C25H27ClF3NO6S. The van der Waals surface area contributed by atoms with Crippen LogP contribution in [0.3, 0.4) is 0 Å². The maximum absolute atomic E-state index is 13.6. The van der Waals surface area contributed by atoms with Crippen molar-refractivity contribution in [3.05, 3.63) is 58.4 Å². The average Bonchev–Trinajstić information content (AvgIpc) is 2.98. The Morgan fingerprint density at radius 1 is 1.16 bits per heavy atom. The molecule has 4 rings (SSSR count). The maximum Gasteiger partial charge on any atom is 0.255 e. The number of fused-ring (bicyclic) bond motifs is 2. The standard InChI is InChI=1S/C25H27ClF3NO6S/c1-13(31)11-36-12-25(33)15-3-4-16(25)8-18(7-15)37(34,35)22-6-14(2-5-19(22)26)24(32)30-17-9-20(27)23(29)21(28)10-17/h2,5-6,9-10,13,15-16,18,31,33H,3-4,7-8,11-12H2,1H3,(H,30,32)/t13?,15-,16?,18?,25?/m0/s1. The van der Waals surface area contributed by atoms with E-state index in [1.807, 2.05) is 0 Å². The molecule has 2 aromatic carbocycles. The number of anilines is 1. The predicted molar refractivity (Wildman–Crippen MR) is 130 cm³/mol. The van der Waals surface area contributed by atoms with Gasteiger partial charge in [0.15, 0.2) is 27.3 Å². The van der Waals surface area contributed by atoms with E-state index in [9.17, 15) is 36.6 Å². The molecule has 202 valence electrons. The SMILES string of the molecule is CC(O)COCC1(O)C2CC[C@H]1CC(S(=O)(=O)c1cc(C(=O)Nc3cc(F)c(F)c(F)c3)ccc1Cl)C2. The van der Waals surface area contributed by atoms with Crippen LogP contribution in [0.2, 0.25) is 5.02 Å². The van der Waals surface area contributed by atoms with Crippen LogP contribution in [0.1, 0.15) is 43.0 Å². The molecule has 5 atom stereocenters. The van der Waals surface area contributed by atoms with Crippen molar-refractivity contribution in [1.82, 2.24) is 0 Å². The Morgan fingerprint density at radius 2 is 1.76 bits per heavy atom. The van der Waals surface area contributed by atoms with Crippen LogP contribution in [-0.2, 0) is 14.6 Å². The minimum absolute atomic E-state index is 0.000980. The summed E-state index contributed by atoms with van der Waals surface area (Å²) < 4.78 is 72.9. The molecule has 7 nitrogen and oxygen atoms in total. The Morgan fingerprint density at radius 3 is 2.32 bits per heavy atom. The van der Waals surface area contributed by atoms with Crippen molar-refractivity contribution in [2.24, 2.45) is 11.8 Å². The molecule has 2 aliphatic rings. The fourth-order valence-corrected chi connectivity index (χ4v) is 7.77. The molecule has 12 heteroatoms. The highest BCUT2D eigenvalue weighted by atomic mass is 35.5. The van der Waals surface area contributed by atoms with E-state index in [2.05, 4.69) is 5.32 Å². The lowest BCUT2D eigenvalue weighted by molar-refractivity contribution is -0.121. The van der Waals surface area contributed by atoms with Gasteiger partial charge in [0, 0.05) is 23.4 Å². The Hall–Kier alpha value is -2.18. The second kappa shape index (κ2) is 10.5. The normalized spacial score (nSPS) is 26.2. The van der Waals surface area contributed by atoms with E-state index in [1.165, 1.54) is 12.1 Å². The number of hydrogen-bond acceptors (Lipinski definition) is 6. The fourth-order valence-electron chi connectivity index (χ4n) is 5.37. The molecule has 0 saturated heterocycles. The predicted octanol–water partition coefficient (Wildman–Crippen LogP) is 4.10. The summed E-state index contributed by atoms with van der Waals surface area (Å²) >= 11 is 6.22. The number of aliphatic hydroxyl groups excluding tert-OH is 1. The minimum atomic E-state index is -4.02. The zero-order valence-electron chi connectivity index (χ0n) is 19.9. The van der Waals surface area contributed by atoms with Crippen LogP contribution < -0.4 is 5.32 Å². The molecule has 0 heterocycles. The fraction of sp³-hybridized carbons (Fsp3) is 0.480. The molecule has 2 aromatic rings. The van der Waals surface area contributed by atoms with Gasteiger partial charge in [0.2, 0.25) is 0 Å². The monoisotopic (exact) mass is 561 g/mol. The number of aliphatic hydroxyl groups is 2. The number of benzene rings is 2. The van der Waals surface area contributed by atoms with Crippen molar-refractivity contribution in [2.75, 3.05) is 18.5 Å². The summed E-state index contributed by atoms with van der Waals surface area (Å²) in [5.41, 5.74) is -1.66. The van der Waals surface area contributed by atoms with Gasteiger partial charge in [-0.1, -0.05) is 11.6 Å². The van der Waals surface area contributed by atoms with Gasteiger partial charge in [-0.25, -0.2) is 21.6 Å². The topological polar surface area (TPSA) is 113 Å². The lowest BCUT2D eigenvalue weighted by Crippen LogP contribution is -2.51. The van der Waals surface area contributed by atoms with Crippen molar-refractivity contribution in [1.29, 1.82) is 0 Å². The first-order chi connectivity index (χ1) is 17.3. The molecule has 2 fully saturated rings. The van der Waals surface area contributed by atoms with Crippen molar-refractivity contribution >= 4 is 33.0 Å². The van der Waals surface area contributed by atoms with Crippen LogP contribution in [0.25, 0.3) is 0 Å². The first-order valence-corrected chi connectivity index (χ1v) is 13.7. The van der Waals surface area contributed by atoms with Crippen LogP contribution in [0, 0.1) is 29.3 Å². The number of hydrogen-bond donors (Lipinski definition) is 3. The van der Waals surface area contributed by atoms with Crippen molar-refractivity contribution in [3.63, 3.8) is 0 Å². The second-order valence-electron chi connectivity index (χ2n) is 9.82. The van der Waals surface area contributed by atoms with E-state index >= 15 is 0 Å². The van der Waals surface area contributed by atoms with Crippen LogP contribution in [-0.4, -0.2) is 54.7 Å². The summed E-state index contributed by atoms with van der Waals surface area (Å²) in [4.78, 5) is 12.4. The van der Waals surface area contributed by atoms with Crippen molar-refractivity contribution < 1.29 is 41.3 Å². The molecule has 0 aromatic heterocycles. The van der Waals surface area contributed by atoms with E-state index in [0.717, 1.165) is 6.07 Å². The molecule has 37 heavy (non-hydrogen) atoms. The van der Waals surface area contributed by atoms with Gasteiger partial charge in [0.05, 0.1) is 40.1 Å². The molecule has 2 aliphatic carbocycles. The van der Waals surface area contributed by atoms with E-state index in [-0.39, 0.29) is 59.1 Å². The molecule has 0 radical (unpaired) electrons. The van der Waals surface area contributed by atoms with E-state index < -0.39 is 50.2 Å². The van der Waals surface area contributed by atoms with Crippen LogP contribution in [0.5, 0.6) is 0 Å². The number of nitrogens with one attached hydrogen (secondary N) is 1. The zero-order valence-corrected chi connectivity index (χ0v) is 21.5. The first kappa shape index (κ1) is 27.8. The number of carbonyl (C=O) groups excluding carboxylic acids is 1. The number of carbonyl (C=O) groups is 1. The quantitative estimate of drug-likeness (QED) is 0.418. The van der Waals surface area contributed by atoms with Gasteiger partial charge in [-0.15, -0.1) is 0 Å². The maximum atomic E-state index is 13.6. The Kier molecular flexibility index (Phi) is 7.92. The lowest BCUT2D eigenvalue weighted by Gasteiger charge is -2.42. The van der Waals surface area contributed by atoms with Gasteiger partial charge in [0.25, 0.3) is 5.91 Å². The van der Waals surface area contributed by atoms with Crippen LogP contribution >= 0.6 is 11.6 Å². The summed E-state index contributed by atoms with van der Waals surface area (Å²) in [5.74, 6) is -6.18.